The molecule has 2 nitrogen and oxygen atoms in total. The van der Waals surface area contributed by atoms with E-state index in [1.807, 2.05) is 6.92 Å². The summed E-state index contributed by atoms with van der Waals surface area (Å²) in [5.41, 5.74) is 0. The van der Waals surface area contributed by atoms with E-state index in [0.29, 0.717) is 6.04 Å². The fourth-order valence-electron chi connectivity index (χ4n) is 1.07. The molecule has 10 heavy (non-hydrogen) atoms. The Morgan fingerprint density at radius 2 is 2.60 bits per heavy atom. The molecule has 1 saturated heterocycles. The highest BCUT2D eigenvalue weighted by molar-refractivity contribution is 4.84. The van der Waals surface area contributed by atoms with Crippen LogP contribution in [0.2, 0.25) is 0 Å². The van der Waals surface area contributed by atoms with Crippen molar-refractivity contribution in [3.63, 3.8) is 0 Å². The van der Waals surface area contributed by atoms with Crippen LogP contribution in [0.3, 0.4) is 0 Å². The van der Waals surface area contributed by atoms with Gasteiger partial charge in [-0.1, -0.05) is 12.2 Å². The molecule has 1 heterocycles. The molecule has 0 amide bonds. The van der Waals surface area contributed by atoms with E-state index >= 15 is 0 Å². The molecule has 1 aliphatic heterocycles. The maximum Gasteiger partial charge on any atom is 0.0623 e. The lowest BCUT2D eigenvalue weighted by Gasteiger charge is -2.22. The van der Waals surface area contributed by atoms with E-state index in [2.05, 4.69) is 17.5 Å². The van der Waals surface area contributed by atoms with Crippen LogP contribution in [0.15, 0.2) is 12.2 Å². The van der Waals surface area contributed by atoms with E-state index in [9.17, 15) is 0 Å². The minimum atomic E-state index is 0.546. The van der Waals surface area contributed by atoms with Crippen LogP contribution in [0.25, 0.3) is 0 Å². The number of ether oxygens (including phenoxy) is 1. The van der Waals surface area contributed by atoms with E-state index in [1.54, 1.807) is 0 Å². The van der Waals surface area contributed by atoms with E-state index in [0.717, 1.165) is 26.2 Å². The molecule has 1 aliphatic rings. The first-order chi connectivity index (χ1) is 4.93. The van der Waals surface area contributed by atoms with Crippen LogP contribution in [0.4, 0.5) is 0 Å². The Kier molecular flexibility index (Phi) is 3.47. The molecule has 0 aromatic heterocycles. The first-order valence-electron chi connectivity index (χ1n) is 3.86. The quantitative estimate of drug-likeness (QED) is 0.578. The van der Waals surface area contributed by atoms with Gasteiger partial charge in [0.25, 0.3) is 0 Å². The van der Waals surface area contributed by atoms with Crippen LogP contribution in [0.1, 0.15) is 13.3 Å². The highest BCUT2D eigenvalue weighted by Gasteiger charge is 2.09. The largest absolute Gasteiger partial charge is 0.379 e. The second-order valence-electron chi connectivity index (χ2n) is 2.53. The van der Waals surface area contributed by atoms with Crippen LogP contribution in [0, 0.1) is 0 Å². The van der Waals surface area contributed by atoms with E-state index < -0.39 is 0 Å². The molecule has 0 bridgehead atoms. The van der Waals surface area contributed by atoms with Gasteiger partial charge in [0, 0.05) is 12.6 Å². The van der Waals surface area contributed by atoms with Gasteiger partial charge in [-0.25, -0.2) is 0 Å². The summed E-state index contributed by atoms with van der Waals surface area (Å²) in [6.07, 6.45) is 5.35. The fraction of sp³-hybridized carbons (Fsp3) is 0.750. The molecule has 1 unspecified atom stereocenters. The summed E-state index contributed by atoms with van der Waals surface area (Å²) in [7, 11) is 0. The smallest absolute Gasteiger partial charge is 0.0623 e. The first-order valence-corrected chi connectivity index (χ1v) is 3.86. The number of hydrogen-bond donors (Lipinski definition) is 1. The predicted molar refractivity (Wildman–Crippen MR) is 42.0 cm³/mol. The third-order valence-electron chi connectivity index (χ3n) is 1.65. The lowest BCUT2D eigenvalue weighted by Crippen LogP contribution is -2.40. The predicted octanol–water partition coefficient (Wildman–Crippen LogP) is 0.941. The fourth-order valence-corrected chi connectivity index (χ4v) is 1.07. The molecule has 2 heteroatoms. The number of rotatable bonds is 2. The summed E-state index contributed by atoms with van der Waals surface area (Å²) in [6, 6.07) is 0.546. The topological polar surface area (TPSA) is 21.3 Å². The molecule has 1 atom stereocenters. The molecular weight excluding hydrogens is 126 g/mol. The Hall–Kier alpha value is -0.340. The molecule has 1 fully saturated rings. The van der Waals surface area contributed by atoms with E-state index in [1.165, 1.54) is 0 Å². The van der Waals surface area contributed by atoms with Crippen molar-refractivity contribution in [2.75, 3.05) is 19.8 Å². The van der Waals surface area contributed by atoms with Gasteiger partial charge >= 0.3 is 0 Å². The van der Waals surface area contributed by atoms with Gasteiger partial charge < -0.3 is 10.1 Å². The minimum Gasteiger partial charge on any atom is -0.379 e. The van der Waals surface area contributed by atoms with Gasteiger partial charge in [0.15, 0.2) is 0 Å². The van der Waals surface area contributed by atoms with Crippen LogP contribution in [-0.4, -0.2) is 25.8 Å². The van der Waals surface area contributed by atoms with Gasteiger partial charge in [0.05, 0.1) is 13.2 Å². The summed E-state index contributed by atoms with van der Waals surface area (Å²) in [4.78, 5) is 0. The van der Waals surface area contributed by atoms with Crippen molar-refractivity contribution in [2.24, 2.45) is 0 Å². The second kappa shape index (κ2) is 4.47. The molecule has 0 saturated carbocycles. The maximum absolute atomic E-state index is 5.28. The lowest BCUT2D eigenvalue weighted by atomic mass is 10.2. The Labute approximate surface area is 62.3 Å². The van der Waals surface area contributed by atoms with Crippen LogP contribution in [-0.2, 0) is 4.74 Å². The normalized spacial score (nSPS) is 27.5. The number of allylic oxidation sites excluding steroid dienone is 1. The average molecular weight is 141 g/mol. The number of morpholine rings is 1. The van der Waals surface area contributed by atoms with Crippen molar-refractivity contribution in [2.45, 2.75) is 19.4 Å². The van der Waals surface area contributed by atoms with Gasteiger partial charge in [-0.3, -0.25) is 0 Å². The molecule has 1 rings (SSSR count). The van der Waals surface area contributed by atoms with Crippen molar-refractivity contribution >= 4 is 0 Å². The third kappa shape index (κ3) is 2.50. The van der Waals surface area contributed by atoms with Crippen molar-refractivity contribution in [3.8, 4) is 0 Å². The molecule has 0 radical (unpaired) electrons. The minimum absolute atomic E-state index is 0.546. The molecule has 1 N–H and O–H groups in total. The number of hydrogen-bond acceptors (Lipinski definition) is 2. The van der Waals surface area contributed by atoms with Crippen molar-refractivity contribution in [1.82, 2.24) is 5.32 Å². The van der Waals surface area contributed by atoms with E-state index in [-0.39, 0.29) is 0 Å². The SMILES string of the molecule is C/C=C/CC1COCCN1. The van der Waals surface area contributed by atoms with Crippen LogP contribution < -0.4 is 5.32 Å². The van der Waals surface area contributed by atoms with Crippen molar-refractivity contribution in [1.29, 1.82) is 0 Å². The summed E-state index contributed by atoms with van der Waals surface area (Å²) < 4.78 is 5.28. The molecular formula is C8H15NO. The standard InChI is InChI=1S/C8H15NO/c1-2-3-4-8-7-10-6-5-9-8/h2-3,8-9H,4-7H2,1H3/b3-2+. The second-order valence-corrected chi connectivity index (χ2v) is 2.53. The third-order valence-corrected chi connectivity index (χ3v) is 1.65. The summed E-state index contributed by atoms with van der Waals surface area (Å²) in [5.74, 6) is 0. The van der Waals surface area contributed by atoms with Crippen molar-refractivity contribution < 1.29 is 4.74 Å². The monoisotopic (exact) mass is 141 g/mol. The zero-order valence-corrected chi connectivity index (χ0v) is 6.47. The van der Waals surface area contributed by atoms with Crippen molar-refractivity contribution in [3.05, 3.63) is 12.2 Å². The van der Waals surface area contributed by atoms with E-state index in [4.69, 9.17) is 4.74 Å². The zero-order valence-electron chi connectivity index (χ0n) is 6.47. The van der Waals surface area contributed by atoms with Gasteiger partial charge in [-0.15, -0.1) is 0 Å². The first kappa shape index (κ1) is 7.76. The molecule has 0 aromatic carbocycles. The summed E-state index contributed by atoms with van der Waals surface area (Å²) in [6.45, 7) is 4.78. The zero-order chi connectivity index (χ0) is 7.23. The highest BCUT2D eigenvalue weighted by Crippen LogP contribution is 1.98. The maximum atomic E-state index is 5.28. The van der Waals surface area contributed by atoms with Crippen LogP contribution >= 0.6 is 0 Å². The number of nitrogens with one attached hydrogen (secondary N) is 1. The summed E-state index contributed by atoms with van der Waals surface area (Å²) in [5, 5.41) is 3.38. The highest BCUT2D eigenvalue weighted by atomic mass is 16.5. The van der Waals surface area contributed by atoms with Gasteiger partial charge in [0.2, 0.25) is 0 Å². The Bertz CT molecular complexity index is 106. The Morgan fingerprint density at radius 3 is 3.20 bits per heavy atom. The van der Waals surface area contributed by atoms with Gasteiger partial charge in [-0.2, -0.15) is 0 Å². The van der Waals surface area contributed by atoms with Gasteiger partial charge in [-0.05, 0) is 13.3 Å². The Balaban J connectivity index is 2.13. The Morgan fingerprint density at radius 1 is 1.70 bits per heavy atom. The van der Waals surface area contributed by atoms with Gasteiger partial charge in [0.1, 0.15) is 0 Å². The summed E-state index contributed by atoms with van der Waals surface area (Å²) >= 11 is 0. The lowest BCUT2D eigenvalue weighted by molar-refractivity contribution is 0.0778. The molecule has 58 valence electrons. The molecule has 0 aromatic rings. The molecule has 0 aliphatic carbocycles. The van der Waals surface area contributed by atoms with Crippen LogP contribution in [0.5, 0.6) is 0 Å². The average Bonchev–Trinajstić information content (AvgIpc) is 2.03. The molecule has 0 spiro atoms.